The van der Waals surface area contributed by atoms with Gasteiger partial charge in [0.25, 0.3) is 0 Å². The van der Waals surface area contributed by atoms with Gasteiger partial charge in [0.1, 0.15) is 0 Å². The van der Waals surface area contributed by atoms with Crippen LogP contribution in [0.5, 0.6) is 0 Å². The van der Waals surface area contributed by atoms with Gasteiger partial charge in [-0.15, -0.1) is 0 Å². The molecular formula is C21H21BrF3NO4S. The molecule has 2 aromatic carbocycles. The molecule has 168 valence electrons. The Hall–Kier alpha value is -2.07. The van der Waals surface area contributed by atoms with E-state index < -0.39 is 26.5 Å². The monoisotopic (exact) mass is 519 g/mol. The molecule has 1 aliphatic rings. The maximum Gasteiger partial charge on any atom is 0.416 e. The van der Waals surface area contributed by atoms with Crippen molar-refractivity contribution in [3.63, 3.8) is 0 Å². The number of sulfone groups is 1. The average Bonchev–Trinajstić information content (AvgIpc) is 2.73. The van der Waals surface area contributed by atoms with Crippen LogP contribution in [0.25, 0.3) is 0 Å². The van der Waals surface area contributed by atoms with Crippen LogP contribution in [0.4, 0.5) is 18.9 Å². The summed E-state index contributed by atoms with van der Waals surface area (Å²) in [5, 5.41) is 0. The number of carbonyl (C=O) groups is 1. The zero-order valence-electron chi connectivity index (χ0n) is 16.7. The molecule has 31 heavy (non-hydrogen) atoms. The molecule has 0 atom stereocenters. The Labute approximate surface area is 187 Å². The Morgan fingerprint density at radius 1 is 1.16 bits per heavy atom. The second-order valence-electron chi connectivity index (χ2n) is 7.35. The molecule has 1 saturated heterocycles. The van der Waals surface area contributed by atoms with E-state index in [1.807, 2.05) is 4.90 Å². The van der Waals surface area contributed by atoms with Crippen LogP contribution in [0.15, 0.2) is 56.7 Å². The SMILES string of the molecule is COC(=O)CC1CCN(c2ccc(Br)cc2S(=O)(=O)c2cccc(C(F)(F)F)c2)CC1. The van der Waals surface area contributed by atoms with Crippen LogP contribution in [-0.2, 0) is 25.5 Å². The fourth-order valence-corrected chi connectivity index (χ4v) is 5.69. The fourth-order valence-electron chi connectivity index (χ4n) is 3.63. The van der Waals surface area contributed by atoms with Crippen LogP contribution in [0.2, 0.25) is 0 Å². The highest BCUT2D eigenvalue weighted by Gasteiger charge is 2.33. The predicted octanol–water partition coefficient (Wildman–Crippen LogP) is 5.08. The lowest BCUT2D eigenvalue weighted by Crippen LogP contribution is -2.35. The molecule has 1 heterocycles. The summed E-state index contributed by atoms with van der Waals surface area (Å²) in [5.41, 5.74) is -0.592. The Morgan fingerprint density at radius 2 is 1.84 bits per heavy atom. The largest absolute Gasteiger partial charge is 0.469 e. The van der Waals surface area contributed by atoms with Crippen molar-refractivity contribution in [3.8, 4) is 0 Å². The smallest absolute Gasteiger partial charge is 0.416 e. The van der Waals surface area contributed by atoms with Gasteiger partial charge < -0.3 is 9.64 Å². The van der Waals surface area contributed by atoms with Crippen molar-refractivity contribution in [2.24, 2.45) is 5.92 Å². The van der Waals surface area contributed by atoms with Gasteiger partial charge in [-0.1, -0.05) is 22.0 Å². The molecule has 0 spiro atoms. The van der Waals surface area contributed by atoms with Crippen LogP contribution in [0.3, 0.4) is 0 Å². The minimum Gasteiger partial charge on any atom is -0.469 e. The van der Waals surface area contributed by atoms with Gasteiger partial charge in [-0.25, -0.2) is 8.42 Å². The van der Waals surface area contributed by atoms with Gasteiger partial charge in [-0.3, -0.25) is 4.79 Å². The van der Waals surface area contributed by atoms with E-state index in [4.69, 9.17) is 4.74 Å². The van der Waals surface area contributed by atoms with Crippen LogP contribution in [-0.4, -0.2) is 34.6 Å². The Balaban J connectivity index is 1.93. The number of ether oxygens (including phenoxy) is 1. The van der Waals surface area contributed by atoms with Gasteiger partial charge in [0, 0.05) is 24.0 Å². The number of methoxy groups -OCH3 is 1. The van der Waals surface area contributed by atoms with E-state index in [2.05, 4.69) is 15.9 Å². The Morgan fingerprint density at radius 3 is 2.45 bits per heavy atom. The minimum absolute atomic E-state index is 0.0624. The number of esters is 1. The van der Waals surface area contributed by atoms with E-state index in [0.29, 0.717) is 48.6 Å². The summed E-state index contributed by atoms with van der Waals surface area (Å²) < 4.78 is 71.1. The summed E-state index contributed by atoms with van der Waals surface area (Å²) >= 11 is 3.26. The molecule has 5 nitrogen and oxygen atoms in total. The molecule has 2 aromatic rings. The van der Waals surface area contributed by atoms with Crippen LogP contribution in [0, 0.1) is 5.92 Å². The van der Waals surface area contributed by atoms with Crippen molar-refractivity contribution in [1.29, 1.82) is 0 Å². The lowest BCUT2D eigenvalue weighted by molar-refractivity contribution is -0.142. The van der Waals surface area contributed by atoms with Crippen molar-refractivity contribution in [3.05, 3.63) is 52.5 Å². The van der Waals surface area contributed by atoms with Gasteiger partial charge in [-0.05, 0) is 55.2 Å². The third-order valence-corrected chi connectivity index (χ3v) is 7.60. The summed E-state index contributed by atoms with van der Waals surface area (Å²) in [4.78, 5) is 12.9. The molecule has 0 aliphatic carbocycles. The number of nitrogens with zero attached hydrogens (tertiary/aromatic N) is 1. The summed E-state index contributed by atoms with van der Waals surface area (Å²) in [5.74, 6) is -0.141. The van der Waals surface area contributed by atoms with Crippen molar-refractivity contribution >= 4 is 37.4 Å². The van der Waals surface area contributed by atoms with Gasteiger partial charge in [0.15, 0.2) is 0 Å². The zero-order valence-corrected chi connectivity index (χ0v) is 19.1. The molecule has 1 aliphatic heterocycles. The van der Waals surface area contributed by atoms with Crippen molar-refractivity contribution in [1.82, 2.24) is 0 Å². The second kappa shape index (κ2) is 9.20. The van der Waals surface area contributed by atoms with Gasteiger partial charge in [0.2, 0.25) is 9.84 Å². The second-order valence-corrected chi connectivity index (χ2v) is 10.2. The number of benzene rings is 2. The number of carbonyl (C=O) groups excluding carboxylic acids is 1. The number of halogens is 4. The fraction of sp³-hybridized carbons (Fsp3) is 0.381. The number of anilines is 1. The standard InChI is InChI=1S/C21H21BrF3NO4S/c1-30-20(27)11-14-7-9-26(10-8-14)18-6-5-16(22)13-19(18)31(28,29)17-4-2-3-15(12-17)21(23,24)25/h2-6,12-14H,7-11H2,1H3. The maximum absolute atomic E-state index is 13.3. The molecule has 0 N–H and O–H groups in total. The van der Waals surface area contributed by atoms with Gasteiger partial charge >= 0.3 is 12.1 Å². The number of rotatable bonds is 5. The average molecular weight is 520 g/mol. The Kier molecular flexibility index (Phi) is 7.00. The quantitative estimate of drug-likeness (QED) is 0.515. The topological polar surface area (TPSA) is 63.7 Å². The first-order chi connectivity index (χ1) is 14.5. The summed E-state index contributed by atoms with van der Waals surface area (Å²) in [6, 6.07) is 8.50. The summed E-state index contributed by atoms with van der Waals surface area (Å²) in [6.07, 6.45) is -2.99. The van der Waals surface area contributed by atoms with Crippen molar-refractivity contribution in [2.45, 2.75) is 35.2 Å². The Bertz CT molecular complexity index is 1060. The van der Waals surface area contributed by atoms with Gasteiger partial charge in [0.05, 0.1) is 28.2 Å². The van der Waals surface area contributed by atoms with Crippen LogP contribution in [0.1, 0.15) is 24.8 Å². The van der Waals surface area contributed by atoms with E-state index in [9.17, 15) is 26.4 Å². The lowest BCUT2D eigenvalue weighted by atomic mass is 9.93. The summed E-state index contributed by atoms with van der Waals surface area (Å²) in [7, 11) is -2.87. The van der Waals surface area contributed by atoms with Crippen molar-refractivity contribution in [2.75, 3.05) is 25.1 Å². The molecule has 0 bridgehead atoms. The number of hydrogen-bond acceptors (Lipinski definition) is 5. The molecular weight excluding hydrogens is 499 g/mol. The highest BCUT2D eigenvalue weighted by atomic mass is 79.9. The molecule has 0 amide bonds. The molecule has 0 radical (unpaired) electrons. The third kappa shape index (κ3) is 5.41. The molecule has 3 rings (SSSR count). The zero-order chi connectivity index (χ0) is 22.8. The van der Waals surface area contributed by atoms with E-state index in [0.717, 1.165) is 18.2 Å². The van der Waals surface area contributed by atoms with E-state index in [1.54, 1.807) is 12.1 Å². The molecule has 0 saturated carbocycles. The maximum atomic E-state index is 13.3. The summed E-state index contributed by atoms with van der Waals surface area (Å²) in [6.45, 7) is 1.04. The van der Waals surface area contributed by atoms with E-state index in [1.165, 1.54) is 13.2 Å². The molecule has 0 aromatic heterocycles. The van der Waals surface area contributed by atoms with Crippen LogP contribution >= 0.6 is 15.9 Å². The third-order valence-electron chi connectivity index (χ3n) is 5.32. The highest BCUT2D eigenvalue weighted by Crippen LogP contribution is 2.37. The number of piperidine rings is 1. The van der Waals surface area contributed by atoms with Crippen molar-refractivity contribution < 1.29 is 31.1 Å². The normalized spacial score (nSPS) is 15.7. The highest BCUT2D eigenvalue weighted by molar-refractivity contribution is 9.10. The molecule has 1 fully saturated rings. The predicted molar refractivity (Wildman–Crippen MR) is 113 cm³/mol. The van der Waals surface area contributed by atoms with E-state index >= 15 is 0 Å². The first kappa shape index (κ1) is 23.6. The lowest BCUT2D eigenvalue weighted by Gasteiger charge is -2.34. The van der Waals surface area contributed by atoms with E-state index in [-0.39, 0.29) is 16.8 Å². The number of alkyl halides is 3. The van der Waals surface area contributed by atoms with Gasteiger partial charge in [-0.2, -0.15) is 13.2 Å². The number of hydrogen-bond donors (Lipinski definition) is 0. The van der Waals surface area contributed by atoms with Crippen LogP contribution < -0.4 is 4.90 Å². The first-order valence-corrected chi connectivity index (χ1v) is 11.8. The first-order valence-electron chi connectivity index (χ1n) is 9.56. The molecule has 0 unspecified atom stereocenters. The minimum atomic E-state index is -4.65. The molecule has 10 heteroatoms.